The van der Waals surface area contributed by atoms with Crippen LogP contribution in [0.5, 0.6) is 0 Å². The molecule has 2 amide bonds. The number of carbonyl (C=O) groups is 2. The van der Waals surface area contributed by atoms with Crippen LogP contribution in [0.1, 0.15) is 21.5 Å². The molecule has 2 aromatic rings. The van der Waals surface area contributed by atoms with Gasteiger partial charge in [-0.25, -0.2) is 0 Å². The number of hydrogen-bond donors (Lipinski definition) is 1. The number of fused-ring (bicyclic) bond motifs is 1. The Morgan fingerprint density at radius 1 is 1.15 bits per heavy atom. The lowest BCUT2D eigenvalue weighted by Gasteiger charge is -2.27. The molecule has 0 aromatic heterocycles. The fraction of sp³-hybridized carbons (Fsp3) is 0.238. The molecule has 1 fully saturated rings. The van der Waals surface area contributed by atoms with Crippen LogP contribution >= 0.6 is 11.8 Å². The summed E-state index contributed by atoms with van der Waals surface area (Å²) in [5.41, 5.74) is 3.44. The highest BCUT2D eigenvalue weighted by Gasteiger charge is 2.24. The van der Waals surface area contributed by atoms with Crippen molar-refractivity contribution >= 4 is 35.3 Å². The average Bonchev–Trinajstić information content (AvgIpc) is 2.70. The lowest BCUT2D eigenvalue weighted by atomic mass is 10.1. The van der Waals surface area contributed by atoms with Gasteiger partial charge in [0.05, 0.1) is 23.8 Å². The highest BCUT2D eigenvalue weighted by Crippen LogP contribution is 2.39. The van der Waals surface area contributed by atoms with E-state index in [4.69, 9.17) is 4.74 Å². The van der Waals surface area contributed by atoms with Crippen molar-refractivity contribution in [2.24, 2.45) is 0 Å². The first-order valence-corrected chi connectivity index (χ1v) is 9.70. The molecule has 1 saturated heterocycles. The van der Waals surface area contributed by atoms with Crippen LogP contribution in [0.2, 0.25) is 0 Å². The van der Waals surface area contributed by atoms with E-state index in [1.807, 2.05) is 49.4 Å². The second-order valence-electron chi connectivity index (χ2n) is 6.59. The Bertz CT molecular complexity index is 916. The summed E-state index contributed by atoms with van der Waals surface area (Å²) in [7, 11) is 0. The zero-order valence-corrected chi connectivity index (χ0v) is 15.8. The summed E-state index contributed by atoms with van der Waals surface area (Å²) in [6.07, 6.45) is 1.88. The van der Waals surface area contributed by atoms with Crippen molar-refractivity contribution in [2.75, 3.05) is 31.6 Å². The summed E-state index contributed by atoms with van der Waals surface area (Å²) in [5.74, 6) is -0.176. The summed E-state index contributed by atoms with van der Waals surface area (Å²) in [6.45, 7) is 4.36. The smallest absolute Gasteiger partial charge is 0.262 e. The molecule has 6 heteroatoms. The Morgan fingerprint density at radius 2 is 1.89 bits per heavy atom. The summed E-state index contributed by atoms with van der Waals surface area (Å²) in [4.78, 5) is 28.5. The van der Waals surface area contributed by atoms with E-state index in [2.05, 4.69) is 5.32 Å². The first-order valence-electron chi connectivity index (χ1n) is 8.89. The number of amides is 2. The maximum absolute atomic E-state index is 12.6. The van der Waals surface area contributed by atoms with Gasteiger partial charge in [-0.15, -0.1) is 0 Å². The van der Waals surface area contributed by atoms with Gasteiger partial charge in [0.25, 0.3) is 11.8 Å². The molecule has 0 unspecified atom stereocenters. The number of aryl methyl sites for hydroxylation is 1. The molecule has 2 aliphatic rings. The van der Waals surface area contributed by atoms with E-state index in [0.717, 1.165) is 10.5 Å². The molecule has 1 N–H and O–H groups in total. The van der Waals surface area contributed by atoms with Gasteiger partial charge in [0.15, 0.2) is 0 Å². The highest BCUT2D eigenvalue weighted by atomic mass is 32.2. The lowest BCUT2D eigenvalue weighted by Crippen LogP contribution is -2.40. The number of benzene rings is 2. The fourth-order valence-corrected chi connectivity index (χ4v) is 3.99. The summed E-state index contributed by atoms with van der Waals surface area (Å²) >= 11 is 1.42. The minimum Gasteiger partial charge on any atom is -0.378 e. The van der Waals surface area contributed by atoms with Crippen LogP contribution in [0.3, 0.4) is 0 Å². The number of nitrogens with zero attached hydrogens (tertiary/aromatic N) is 1. The van der Waals surface area contributed by atoms with Crippen LogP contribution in [-0.2, 0) is 9.53 Å². The molecular weight excluding hydrogens is 360 g/mol. The van der Waals surface area contributed by atoms with Crippen molar-refractivity contribution in [3.05, 3.63) is 64.1 Å². The Hall–Kier alpha value is -2.57. The van der Waals surface area contributed by atoms with Crippen LogP contribution in [0, 0.1) is 6.92 Å². The van der Waals surface area contributed by atoms with Gasteiger partial charge >= 0.3 is 0 Å². The quantitative estimate of drug-likeness (QED) is 0.810. The third kappa shape index (κ3) is 3.91. The third-order valence-corrected chi connectivity index (χ3v) is 5.69. The number of anilines is 1. The minimum absolute atomic E-state index is 0.0265. The van der Waals surface area contributed by atoms with Gasteiger partial charge in [0.2, 0.25) is 0 Å². The van der Waals surface area contributed by atoms with Crippen LogP contribution in [0.15, 0.2) is 52.3 Å². The lowest BCUT2D eigenvalue weighted by molar-refractivity contribution is -0.112. The molecule has 0 atom stereocenters. The van der Waals surface area contributed by atoms with E-state index in [1.165, 1.54) is 17.3 Å². The molecule has 0 radical (unpaired) electrons. The second kappa shape index (κ2) is 7.58. The fourth-order valence-electron chi connectivity index (χ4n) is 3.06. The number of nitrogens with one attached hydrogen (secondary N) is 1. The molecule has 2 aliphatic heterocycles. The van der Waals surface area contributed by atoms with Gasteiger partial charge < -0.3 is 15.0 Å². The summed E-state index contributed by atoms with van der Waals surface area (Å²) in [5, 5.41) is 2.92. The molecule has 0 bridgehead atoms. The predicted octanol–water partition coefficient (Wildman–Crippen LogP) is 3.55. The average molecular weight is 380 g/mol. The largest absolute Gasteiger partial charge is 0.378 e. The van der Waals surface area contributed by atoms with Crippen molar-refractivity contribution < 1.29 is 14.3 Å². The number of rotatable bonds is 2. The maximum atomic E-state index is 12.6. The highest BCUT2D eigenvalue weighted by molar-refractivity contribution is 8.04. The number of morpholine rings is 1. The summed E-state index contributed by atoms with van der Waals surface area (Å²) < 4.78 is 5.30. The predicted molar refractivity (Wildman–Crippen MR) is 107 cm³/mol. The monoisotopic (exact) mass is 380 g/mol. The molecule has 27 heavy (non-hydrogen) atoms. The van der Waals surface area contributed by atoms with Crippen molar-refractivity contribution in [1.82, 2.24) is 4.90 Å². The molecule has 4 rings (SSSR count). The zero-order valence-electron chi connectivity index (χ0n) is 15.0. The van der Waals surface area contributed by atoms with Gasteiger partial charge in [-0.2, -0.15) is 0 Å². The van der Waals surface area contributed by atoms with E-state index in [-0.39, 0.29) is 11.8 Å². The van der Waals surface area contributed by atoms with E-state index in [9.17, 15) is 9.59 Å². The normalized spacial score (nSPS) is 18.2. The molecule has 0 saturated carbocycles. The number of hydrogen-bond acceptors (Lipinski definition) is 4. The van der Waals surface area contributed by atoms with Crippen LogP contribution in [0.25, 0.3) is 6.08 Å². The van der Waals surface area contributed by atoms with E-state index < -0.39 is 0 Å². The molecule has 2 aromatic carbocycles. The molecule has 2 heterocycles. The summed E-state index contributed by atoms with van der Waals surface area (Å²) in [6, 6.07) is 13.5. The molecule has 0 aliphatic carbocycles. The first-order chi connectivity index (χ1) is 13.1. The second-order valence-corrected chi connectivity index (χ2v) is 7.67. The standard InChI is InChI=1S/C21H20N2O3S/c1-14-2-4-15(5-3-14)12-19-20(24)22-17-13-16(6-7-18(17)27-19)21(25)23-8-10-26-11-9-23/h2-7,12-13H,8-11H2,1H3,(H,22,24). The van der Waals surface area contributed by atoms with E-state index in [0.29, 0.717) is 42.5 Å². The molecule has 138 valence electrons. The van der Waals surface area contributed by atoms with E-state index >= 15 is 0 Å². The van der Waals surface area contributed by atoms with Crippen LogP contribution in [-0.4, -0.2) is 43.0 Å². The van der Waals surface area contributed by atoms with Crippen molar-refractivity contribution in [1.29, 1.82) is 0 Å². The van der Waals surface area contributed by atoms with Crippen LogP contribution < -0.4 is 5.32 Å². The van der Waals surface area contributed by atoms with Gasteiger partial charge in [-0.05, 0) is 36.8 Å². The topological polar surface area (TPSA) is 58.6 Å². The number of thioether (sulfide) groups is 1. The number of carbonyl (C=O) groups excluding carboxylic acids is 2. The van der Waals surface area contributed by atoms with Crippen LogP contribution in [0.4, 0.5) is 5.69 Å². The maximum Gasteiger partial charge on any atom is 0.262 e. The number of ether oxygens (including phenoxy) is 1. The minimum atomic E-state index is -0.149. The Balaban J connectivity index is 1.56. The van der Waals surface area contributed by atoms with E-state index in [1.54, 1.807) is 11.0 Å². The van der Waals surface area contributed by atoms with Crippen molar-refractivity contribution in [2.45, 2.75) is 11.8 Å². The molecule has 5 nitrogen and oxygen atoms in total. The van der Waals surface area contributed by atoms with Gasteiger partial charge in [-0.3, -0.25) is 9.59 Å². The van der Waals surface area contributed by atoms with Crippen molar-refractivity contribution in [3.63, 3.8) is 0 Å². The Kier molecular flexibility index (Phi) is 5.01. The van der Waals surface area contributed by atoms with Gasteiger partial charge in [0, 0.05) is 23.5 Å². The third-order valence-electron chi connectivity index (χ3n) is 4.59. The van der Waals surface area contributed by atoms with Crippen molar-refractivity contribution in [3.8, 4) is 0 Å². The van der Waals surface area contributed by atoms with Gasteiger partial charge in [-0.1, -0.05) is 41.6 Å². The first kappa shape index (κ1) is 17.8. The Labute approximate surface area is 162 Å². The molecule has 0 spiro atoms. The van der Waals surface area contributed by atoms with Gasteiger partial charge in [0.1, 0.15) is 0 Å². The molecular formula is C21H20N2O3S. The Morgan fingerprint density at radius 3 is 2.63 bits per heavy atom. The SMILES string of the molecule is Cc1ccc(C=C2Sc3ccc(C(=O)N4CCOCC4)cc3NC2=O)cc1. The zero-order chi connectivity index (χ0) is 18.8.